The second-order valence-corrected chi connectivity index (χ2v) is 8.07. The van der Waals surface area contributed by atoms with Gasteiger partial charge in [-0.3, -0.25) is 4.79 Å². The SMILES string of the molecule is N#Cc1c(C2(c3ccc(Cl)cc3)CC2)nn2c(=O)c(Oc3ccc(Cl)cc3)c[nH]c12. The van der Waals surface area contributed by atoms with Crippen LogP contribution in [0.4, 0.5) is 0 Å². The maximum atomic E-state index is 13.0. The first-order valence-corrected chi connectivity index (χ1v) is 10.0. The lowest BCUT2D eigenvalue weighted by molar-refractivity contribution is 0.469. The van der Waals surface area contributed by atoms with Gasteiger partial charge in [0.2, 0.25) is 5.75 Å². The lowest BCUT2D eigenvalue weighted by atomic mass is 9.90. The van der Waals surface area contributed by atoms with E-state index in [1.54, 1.807) is 24.3 Å². The van der Waals surface area contributed by atoms with E-state index in [4.69, 9.17) is 27.9 Å². The second kappa shape index (κ2) is 6.91. The number of H-pyrrole nitrogens is 1. The summed E-state index contributed by atoms with van der Waals surface area (Å²) in [4.78, 5) is 16.0. The minimum Gasteiger partial charge on any atom is -0.450 e. The third-order valence-corrected chi connectivity index (χ3v) is 5.89. The van der Waals surface area contributed by atoms with E-state index in [-0.39, 0.29) is 11.2 Å². The van der Waals surface area contributed by atoms with Gasteiger partial charge in [0.1, 0.15) is 17.4 Å². The van der Waals surface area contributed by atoms with Crippen LogP contribution >= 0.6 is 23.2 Å². The number of nitriles is 1. The number of nitrogens with one attached hydrogen (secondary N) is 1. The Labute approximate surface area is 181 Å². The van der Waals surface area contributed by atoms with Crippen LogP contribution in [0.25, 0.3) is 5.65 Å². The molecule has 1 N–H and O–H groups in total. The lowest BCUT2D eigenvalue weighted by Gasteiger charge is -2.13. The molecule has 2 aromatic heterocycles. The molecule has 0 aliphatic heterocycles. The molecule has 5 rings (SSSR count). The highest BCUT2D eigenvalue weighted by Crippen LogP contribution is 2.54. The largest absolute Gasteiger partial charge is 0.450 e. The van der Waals surface area contributed by atoms with Gasteiger partial charge in [-0.25, -0.2) is 0 Å². The summed E-state index contributed by atoms with van der Waals surface area (Å²) < 4.78 is 6.90. The van der Waals surface area contributed by atoms with Gasteiger partial charge in [-0.15, -0.1) is 0 Å². The molecule has 4 aromatic rings. The molecule has 0 amide bonds. The Balaban J connectivity index is 1.62. The molecule has 0 saturated heterocycles. The predicted molar refractivity (Wildman–Crippen MR) is 114 cm³/mol. The Morgan fingerprint density at radius 1 is 1.07 bits per heavy atom. The van der Waals surface area contributed by atoms with Crippen molar-refractivity contribution in [1.29, 1.82) is 5.26 Å². The van der Waals surface area contributed by atoms with Gasteiger partial charge in [-0.1, -0.05) is 35.3 Å². The Bertz CT molecular complexity index is 1360. The quantitative estimate of drug-likeness (QED) is 0.483. The summed E-state index contributed by atoms with van der Waals surface area (Å²) in [6.07, 6.45) is 3.13. The number of rotatable bonds is 4. The lowest BCUT2D eigenvalue weighted by Crippen LogP contribution is -2.17. The summed E-state index contributed by atoms with van der Waals surface area (Å²) in [5.74, 6) is 0.539. The van der Waals surface area contributed by atoms with E-state index in [9.17, 15) is 10.1 Å². The Hall–Kier alpha value is -3.27. The van der Waals surface area contributed by atoms with Gasteiger partial charge in [-0.05, 0) is 54.8 Å². The predicted octanol–water partition coefficient (Wildman–Crippen LogP) is 5.07. The van der Waals surface area contributed by atoms with Gasteiger partial charge in [0.15, 0.2) is 5.65 Å². The first kappa shape index (κ1) is 18.7. The van der Waals surface area contributed by atoms with Crippen LogP contribution in [0.5, 0.6) is 11.5 Å². The number of ether oxygens (including phenoxy) is 1. The molecular weight excluding hydrogens is 423 g/mol. The van der Waals surface area contributed by atoms with Crippen LogP contribution in [-0.4, -0.2) is 14.6 Å². The number of nitrogens with zero attached hydrogens (tertiary/aromatic N) is 3. The van der Waals surface area contributed by atoms with Crippen molar-refractivity contribution in [3.05, 3.63) is 91.9 Å². The highest BCUT2D eigenvalue weighted by molar-refractivity contribution is 6.30. The van der Waals surface area contributed by atoms with Crippen molar-refractivity contribution in [2.45, 2.75) is 18.3 Å². The number of hydrogen-bond acceptors (Lipinski definition) is 4. The minimum atomic E-state index is -0.451. The summed E-state index contributed by atoms with van der Waals surface area (Å²) >= 11 is 11.9. The molecule has 30 heavy (non-hydrogen) atoms. The Kier molecular flexibility index (Phi) is 4.31. The number of halogens is 2. The maximum absolute atomic E-state index is 13.0. The minimum absolute atomic E-state index is 0.0692. The van der Waals surface area contributed by atoms with Crippen LogP contribution in [-0.2, 0) is 5.41 Å². The smallest absolute Gasteiger partial charge is 0.317 e. The average Bonchev–Trinajstić information content (AvgIpc) is 3.46. The topological polar surface area (TPSA) is 83.2 Å². The fraction of sp³-hybridized carbons (Fsp3) is 0.136. The normalized spacial score (nSPS) is 14.4. The zero-order chi connectivity index (χ0) is 20.9. The molecular formula is C22H14Cl2N4O2. The zero-order valence-corrected chi connectivity index (χ0v) is 17.0. The summed E-state index contributed by atoms with van der Waals surface area (Å²) in [6, 6.07) is 16.4. The van der Waals surface area contributed by atoms with Crippen LogP contribution in [0.3, 0.4) is 0 Å². The number of hydrogen-bond donors (Lipinski definition) is 1. The maximum Gasteiger partial charge on any atom is 0.317 e. The molecule has 0 spiro atoms. The third-order valence-electron chi connectivity index (χ3n) is 5.38. The number of benzene rings is 2. The van der Waals surface area contributed by atoms with E-state index in [0.717, 1.165) is 18.4 Å². The molecule has 2 aromatic carbocycles. The molecule has 1 fully saturated rings. The van der Waals surface area contributed by atoms with Gasteiger partial charge < -0.3 is 9.72 Å². The number of fused-ring (bicyclic) bond motifs is 1. The molecule has 0 radical (unpaired) electrons. The molecule has 8 heteroatoms. The fourth-order valence-electron chi connectivity index (χ4n) is 3.70. The van der Waals surface area contributed by atoms with Crippen LogP contribution in [0.2, 0.25) is 10.0 Å². The van der Waals surface area contributed by atoms with E-state index in [2.05, 4.69) is 16.2 Å². The molecule has 1 aliphatic carbocycles. The Morgan fingerprint density at radius 2 is 1.70 bits per heavy atom. The van der Waals surface area contributed by atoms with Gasteiger partial charge >= 0.3 is 5.56 Å². The van der Waals surface area contributed by atoms with E-state index >= 15 is 0 Å². The molecule has 1 aliphatic rings. The van der Waals surface area contributed by atoms with Crippen molar-refractivity contribution in [2.75, 3.05) is 0 Å². The molecule has 2 heterocycles. The van der Waals surface area contributed by atoms with E-state index < -0.39 is 5.56 Å². The van der Waals surface area contributed by atoms with Crippen LogP contribution < -0.4 is 10.3 Å². The van der Waals surface area contributed by atoms with Crippen LogP contribution in [0.1, 0.15) is 29.7 Å². The molecule has 0 atom stereocenters. The number of aromatic amines is 1. The van der Waals surface area contributed by atoms with E-state index in [0.29, 0.717) is 32.7 Å². The molecule has 6 nitrogen and oxygen atoms in total. The summed E-state index contributed by atoms with van der Waals surface area (Å²) in [6.45, 7) is 0. The standard InChI is InChI=1S/C22H14Cl2N4O2/c23-14-3-1-13(2-4-14)22(9-10-22)19-17(11-25)20-26-12-18(21(29)28(20)27-19)30-16-7-5-15(24)6-8-16/h1-8,12,26H,9-10H2. The van der Waals surface area contributed by atoms with Crippen molar-refractivity contribution in [2.24, 2.45) is 0 Å². The monoisotopic (exact) mass is 436 g/mol. The highest BCUT2D eigenvalue weighted by Gasteiger charge is 2.50. The molecule has 0 bridgehead atoms. The fourth-order valence-corrected chi connectivity index (χ4v) is 3.95. The molecule has 0 unspecified atom stereocenters. The number of aromatic nitrogens is 3. The second-order valence-electron chi connectivity index (χ2n) is 7.20. The van der Waals surface area contributed by atoms with Gasteiger partial charge in [-0.2, -0.15) is 14.9 Å². The summed E-state index contributed by atoms with van der Waals surface area (Å²) in [5, 5.41) is 15.6. The van der Waals surface area contributed by atoms with Crippen LogP contribution in [0, 0.1) is 11.3 Å². The van der Waals surface area contributed by atoms with Gasteiger partial charge in [0, 0.05) is 15.5 Å². The first-order chi connectivity index (χ1) is 14.5. The van der Waals surface area contributed by atoms with Crippen molar-refractivity contribution in [3.63, 3.8) is 0 Å². The van der Waals surface area contributed by atoms with Crippen molar-refractivity contribution in [3.8, 4) is 17.6 Å². The average molecular weight is 437 g/mol. The molecule has 1 saturated carbocycles. The summed E-state index contributed by atoms with van der Waals surface area (Å²) in [5.41, 5.74) is 1.48. The van der Waals surface area contributed by atoms with Crippen molar-refractivity contribution in [1.82, 2.24) is 14.6 Å². The third kappa shape index (κ3) is 2.95. The van der Waals surface area contributed by atoms with Gasteiger partial charge in [0.05, 0.1) is 11.9 Å². The van der Waals surface area contributed by atoms with E-state index in [1.807, 2.05) is 24.3 Å². The highest BCUT2D eigenvalue weighted by atomic mass is 35.5. The van der Waals surface area contributed by atoms with Gasteiger partial charge in [0.25, 0.3) is 0 Å². The van der Waals surface area contributed by atoms with Crippen LogP contribution in [0.15, 0.2) is 59.5 Å². The zero-order valence-electron chi connectivity index (χ0n) is 15.5. The van der Waals surface area contributed by atoms with Crippen molar-refractivity contribution < 1.29 is 4.74 Å². The first-order valence-electron chi connectivity index (χ1n) is 9.26. The molecule has 148 valence electrons. The summed E-state index contributed by atoms with van der Waals surface area (Å²) in [7, 11) is 0. The van der Waals surface area contributed by atoms with Crippen molar-refractivity contribution >= 4 is 28.8 Å². The van der Waals surface area contributed by atoms with E-state index in [1.165, 1.54) is 10.7 Å². The Morgan fingerprint density at radius 3 is 2.30 bits per heavy atom.